The normalized spacial score (nSPS) is 11.6. The summed E-state index contributed by atoms with van der Waals surface area (Å²) in [5.41, 5.74) is 0.219. The van der Waals surface area contributed by atoms with Crippen molar-refractivity contribution in [2.24, 2.45) is 12.5 Å². The molecule has 5 nitrogen and oxygen atoms in total. The highest BCUT2D eigenvalue weighted by atomic mass is 79.9. The number of hydrogen-bond donors (Lipinski definition) is 2. The van der Waals surface area contributed by atoms with Gasteiger partial charge in [-0.2, -0.15) is 5.10 Å². The van der Waals surface area contributed by atoms with Crippen LogP contribution in [0, 0.1) is 5.41 Å². The van der Waals surface area contributed by atoms with Crippen molar-refractivity contribution >= 4 is 21.6 Å². The number of aliphatic hydroxyl groups is 1. The number of anilines is 1. The molecule has 0 amide bonds. The summed E-state index contributed by atoms with van der Waals surface area (Å²) in [5, 5.41) is 16.1. The van der Waals surface area contributed by atoms with Gasteiger partial charge in [0.2, 0.25) is 0 Å². The maximum Gasteiger partial charge on any atom is 0.282 e. The Hall–Kier alpha value is -0.880. The molecule has 1 heterocycles. The molecule has 0 aliphatic heterocycles. The Labute approximate surface area is 103 Å². The van der Waals surface area contributed by atoms with Gasteiger partial charge in [-0.15, -0.1) is 0 Å². The van der Waals surface area contributed by atoms with Crippen molar-refractivity contribution in [2.45, 2.75) is 13.8 Å². The number of aryl methyl sites for hydroxylation is 1. The first-order valence-corrected chi connectivity index (χ1v) is 5.73. The summed E-state index contributed by atoms with van der Waals surface area (Å²) >= 11 is 3.22. The van der Waals surface area contributed by atoms with Crippen LogP contribution in [0.1, 0.15) is 13.8 Å². The molecule has 2 N–H and O–H groups in total. The van der Waals surface area contributed by atoms with Crippen molar-refractivity contribution in [3.8, 4) is 0 Å². The largest absolute Gasteiger partial charge is 0.396 e. The van der Waals surface area contributed by atoms with Crippen LogP contribution in [-0.4, -0.2) is 28.0 Å². The second-order valence-corrected chi connectivity index (χ2v) is 5.27. The molecule has 90 valence electrons. The van der Waals surface area contributed by atoms with Crippen LogP contribution in [0.25, 0.3) is 0 Å². The third-order valence-corrected chi connectivity index (χ3v) is 3.03. The van der Waals surface area contributed by atoms with Crippen LogP contribution < -0.4 is 10.9 Å². The fourth-order valence-electron chi connectivity index (χ4n) is 1.02. The van der Waals surface area contributed by atoms with Crippen molar-refractivity contribution in [1.29, 1.82) is 0 Å². The second-order valence-electron chi connectivity index (χ2n) is 4.48. The fourth-order valence-corrected chi connectivity index (χ4v) is 1.52. The van der Waals surface area contributed by atoms with Gasteiger partial charge in [-0.3, -0.25) is 4.79 Å². The van der Waals surface area contributed by atoms with E-state index in [4.69, 9.17) is 5.11 Å². The Bertz CT molecular complexity index is 429. The van der Waals surface area contributed by atoms with E-state index >= 15 is 0 Å². The summed E-state index contributed by atoms with van der Waals surface area (Å²) in [7, 11) is 1.59. The molecule has 0 bridgehead atoms. The first-order chi connectivity index (χ1) is 7.37. The maximum absolute atomic E-state index is 11.5. The van der Waals surface area contributed by atoms with E-state index in [1.54, 1.807) is 13.2 Å². The molecule has 0 unspecified atom stereocenters. The average molecular weight is 290 g/mol. The van der Waals surface area contributed by atoms with E-state index < -0.39 is 0 Å². The highest BCUT2D eigenvalue weighted by molar-refractivity contribution is 9.10. The van der Waals surface area contributed by atoms with Crippen molar-refractivity contribution in [1.82, 2.24) is 9.78 Å². The SMILES string of the molecule is Cn1ncc(NCC(C)(C)CO)c(Br)c1=O. The standard InChI is InChI=1S/C10H16BrN3O2/c1-10(2,6-15)5-12-7-4-13-14(3)9(16)8(7)11/h4,12,15H,5-6H2,1-3H3. The van der Waals surface area contributed by atoms with Gasteiger partial charge in [0.05, 0.1) is 11.9 Å². The first-order valence-electron chi connectivity index (χ1n) is 4.94. The summed E-state index contributed by atoms with van der Waals surface area (Å²) in [4.78, 5) is 11.5. The molecule has 0 aliphatic rings. The minimum absolute atomic E-state index is 0.0793. The molecule has 16 heavy (non-hydrogen) atoms. The minimum Gasteiger partial charge on any atom is -0.396 e. The highest BCUT2D eigenvalue weighted by Crippen LogP contribution is 2.19. The molecule has 1 rings (SSSR count). The number of aromatic nitrogens is 2. The van der Waals surface area contributed by atoms with E-state index in [0.29, 0.717) is 16.7 Å². The average Bonchev–Trinajstić information content (AvgIpc) is 2.25. The van der Waals surface area contributed by atoms with Crippen LogP contribution in [0.3, 0.4) is 0 Å². The second kappa shape index (κ2) is 4.97. The number of hydrogen-bond acceptors (Lipinski definition) is 4. The number of nitrogens with zero attached hydrogens (tertiary/aromatic N) is 2. The minimum atomic E-state index is -0.236. The highest BCUT2D eigenvalue weighted by Gasteiger charge is 2.17. The number of rotatable bonds is 4. The number of halogens is 1. The van der Waals surface area contributed by atoms with E-state index in [2.05, 4.69) is 26.3 Å². The summed E-state index contributed by atoms with van der Waals surface area (Å²) in [6.07, 6.45) is 1.58. The molecular weight excluding hydrogens is 274 g/mol. The van der Waals surface area contributed by atoms with Crippen LogP contribution in [0.5, 0.6) is 0 Å². The van der Waals surface area contributed by atoms with Gasteiger partial charge in [-0.25, -0.2) is 4.68 Å². The molecule has 0 aliphatic carbocycles. The summed E-state index contributed by atoms with van der Waals surface area (Å²) in [6, 6.07) is 0. The quantitative estimate of drug-likeness (QED) is 0.867. The molecule has 0 aromatic carbocycles. The lowest BCUT2D eigenvalue weighted by Gasteiger charge is -2.22. The third kappa shape index (κ3) is 3.05. The van der Waals surface area contributed by atoms with Gasteiger partial charge in [-0.1, -0.05) is 13.8 Å². The van der Waals surface area contributed by atoms with Crippen LogP contribution in [0.2, 0.25) is 0 Å². The van der Waals surface area contributed by atoms with Gasteiger partial charge in [0.25, 0.3) is 5.56 Å². The number of aliphatic hydroxyl groups excluding tert-OH is 1. The van der Waals surface area contributed by atoms with Gasteiger partial charge < -0.3 is 10.4 Å². The van der Waals surface area contributed by atoms with Crippen molar-refractivity contribution in [3.05, 3.63) is 21.0 Å². The number of nitrogens with one attached hydrogen (secondary N) is 1. The molecule has 0 spiro atoms. The van der Waals surface area contributed by atoms with Crippen molar-refractivity contribution in [3.63, 3.8) is 0 Å². The molecule has 6 heteroatoms. The van der Waals surface area contributed by atoms with Crippen molar-refractivity contribution < 1.29 is 5.11 Å². The van der Waals surface area contributed by atoms with Gasteiger partial charge in [0.1, 0.15) is 4.47 Å². The van der Waals surface area contributed by atoms with Crippen LogP contribution in [0.4, 0.5) is 5.69 Å². The van der Waals surface area contributed by atoms with Gasteiger partial charge >= 0.3 is 0 Å². The van der Waals surface area contributed by atoms with Crippen LogP contribution >= 0.6 is 15.9 Å². The zero-order chi connectivity index (χ0) is 12.3. The van der Waals surface area contributed by atoms with E-state index in [1.165, 1.54) is 4.68 Å². The Kier molecular flexibility index (Phi) is 4.09. The zero-order valence-electron chi connectivity index (χ0n) is 9.62. The van der Waals surface area contributed by atoms with Crippen molar-refractivity contribution in [2.75, 3.05) is 18.5 Å². The lowest BCUT2D eigenvalue weighted by atomic mass is 9.95. The maximum atomic E-state index is 11.5. The lowest BCUT2D eigenvalue weighted by Crippen LogP contribution is -2.28. The van der Waals surface area contributed by atoms with Crippen LogP contribution in [-0.2, 0) is 7.05 Å². The molecule has 0 saturated carbocycles. The summed E-state index contributed by atoms with van der Waals surface area (Å²) < 4.78 is 1.71. The Morgan fingerprint density at radius 2 is 2.25 bits per heavy atom. The van der Waals surface area contributed by atoms with Gasteiger partial charge in [0, 0.05) is 25.6 Å². The molecule has 0 radical (unpaired) electrons. The van der Waals surface area contributed by atoms with E-state index in [-0.39, 0.29) is 17.6 Å². The zero-order valence-corrected chi connectivity index (χ0v) is 11.2. The Balaban J connectivity index is 2.84. The smallest absolute Gasteiger partial charge is 0.282 e. The predicted molar refractivity (Wildman–Crippen MR) is 66.5 cm³/mol. The topological polar surface area (TPSA) is 67.2 Å². The molecule has 1 aromatic heterocycles. The predicted octanol–water partition coefficient (Wildman–Crippen LogP) is 0.973. The first kappa shape index (κ1) is 13.2. The summed E-state index contributed by atoms with van der Waals surface area (Å²) in [6.45, 7) is 4.51. The Morgan fingerprint density at radius 1 is 1.62 bits per heavy atom. The third-order valence-electron chi connectivity index (χ3n) is 2.26. The van der Waals surface area contributed by atoms with E-state index in [9.17, 15) is 4.79 Å². The van der Waals surface area contributed by atoms with E-state index in [0.717, 1.165) is 0 Å². The monoisotopic (exact) mass is 289 g/mol. The molecule has 0 fully saturated rings. The fraction of sp³-hybridized carbons (Fsp3) is 0.600. The molecular formula is C10H16BrN3O2. The lowest BCUT2D eigenvalue weighted by molar-refractivity contribution is 0.171. The van der Waals surface area contributed by atoms with E-state index in [1.807, 2.05) is 13.8 Å². The Morgan fingerprint density at radius 3 is 2.81 bits per heavy atom. The van der Waals surface area contributed by atoms with Gasteiger partial charge in [-0.05, 0) is 15.9 Å². The molecule has 0 saturated heterocycles. The molecule has 0 atom stereocenters. The van der Waals surface area contributed by atoms with Gasteiger partial charge in [0.15, 0.2) is 0 Å². The van der Waals surface area contributed by atoms with Crippen LogP contribution in [0.15, 0.2) is 15.5 Å². The molecule has 1 aromatic rings. The summed E-state index contributed by atoms with van der Waals surface area (Å²) in [5.74, 6) is 0.